The topological polar surface area (TPSA) is 57.6 Å². The fourth-order valence-corrected chi connectivity index (χ4v) is 3.41. The van der Waals surface area contributed by atoms with Crippen LogP contribution < -0.4 is 0 Å². The largest absolute Gasteiger partial charge is 0.481 e. The number of carboxylic acids is 1. The van der Waals surface area contributed by atoms with Gasteiger partial charge >= 0.3 is 5.97 Å². The number of carbonyl (C=O) groups is 2. The lowest BCUT2D eigenvalue weighted by atomic mass is 9.72. The minimum absolute atomic E-state index is 0.194. The molecule has 0 bridgehead atoms. The molecule has 21 heavy (non-hydrogen) atoms. The van der Waals surface area contributed by atoms with Crippen molar-refractivity contribution < 1.29 is 14.7 Å². The average Bonchev–Trinajstić information content (AvgIpc) is 2.46. The van der Waals surface area contributed by atoms with E-state index in [1.807, 2.05) is 35.2 Å². The molecule has 3 rings (SSSR count). The third-order valence-corrected chi connectivity index (χ3v) is 5.12. The van der Waals surface area contributed by atoms with Crippen LogP contribution in [0.25, 0.3) is 0 Å². The number of benzene rings is 1. The first-order valence-corrected chi connectivity index (χ1v) is 7.71. The lowest BCUT2D eigenvalue weighted by Crippen LogP contribution is -2.51. The minimum Gasteiger partial charge on any atom is -0.481 e. The van der Waals surface area contributed by atoms with Gasteiger partial charge in [-0.25, -0.2) is 0 Å². The van der Waals surface area contributed by atoms with Gasteiger partial charge in [0.1, 0.15) is 0 Å². The molecule has 2 aliphatic rings. The van der Waals surface area contributed by atoms with Crippen LogP contribution in [0.15, 0.2) is 30.3 Å². The van der Waals surface area contributed by atoms with Crippen molar-refractivity contribution in [1.29, 1.82) is 0 Å². The SMILES string of the molecule is O=C(C1CCC1)N1CCC(C(=O)O)(c2ccccc2)CC1. The van der Waals surface area contributed by atoms with Crippen LogP contribution in [0.4, 0.5) is 0 Å². The second kappa shape index (κ2) is 5.51. The quantitative estimate of drug-likeness (QED) is 0.929. The number of hydrogen-bond acceptors (Lipinski definition) is 2. The molecule has 1 aliphatic heterocycles. The van der Waals surface area contributed by atoms with Crippen LogP contribution in [0.3, 0.4) is 0 Å². The zero-order chi connectivity index (χ0) is 14.9. The van der Waals surface area contributed by atoms with Gasteiger partial charge in [0.25, 0.3) is 0 Å². The van der Waals surface area contributed by atoms with Crippen LogP contribution in [-0.2, 0) is 15.0 Å². The summed E-state index contributed by atoms with van der Waals surface area (Å²) in [5.74, 6) is -0.350. The second-order valence-electron chi connectivity index (χ2n) is 6.21. The molecule has 1 N–H and O–H groups in total. The van der Waals surface area contributed by atoms with Gasteiger partial charge in [-0.2, -0.15) is 0 Å². The Balaban J connectivity index is 1.74. The van der Waals surface area contributed by atoms with Crippen molar-refractivity contribution in [3.8, 4) is 0 Å². The average molecular weight is 287 g/mol. The summed E-state index contributed by atoms with van der Waals surface area (Å²) < 4.78 is 0. The summed E-state index contributed by atoms with van der Waals surface area (Å²) in [7, 11) is 0. The van der Waals surface area contributed by atoms with Gasteiger partial charge in [-0.05, 0) is 31.2 Å². The Morgan fingerprint density at radius 3 is 2.19 bits per heavy atom. The maximum absolute atomic E-state index is 12.3. The molecule has 4 heteroatoms. The molecule has 0 atom stereocenters. The Bertz CT molecular complexity index is 528. The fourth-order valence-electron chi connectivity index (χ4n) is 3.41. The number of hydrogen-bond donors (Lipinski definition) is 1. The molecule has 1 aliphatic carbocycles. The molecule has 2 fully saturated rings. The van der Waals surface area contributed by atoms with Crippen LogP contribution in [0, 0.1) is 5.92 Å². The first-order chi connectivity index (χ1) is 10.1. The molecule has 1 aromatic rings. The van der Waals surface area contributed by atoms with Crippen molar-refractivity contribution in [1.82, 2.24) is 4.90 Å². The number of rotatable bonds is 3. The van der Waals surface area contributed by atoms with Crippen molar-refractivity contribution in [2.24, 2.45) is 5.92 Å². The van der Waals surface area contributed by atoms with Crippen LogP contribution in [0.5, 0.6) is 0 Å². The van der Waals surface area contributed by atoms with Crippen LogP contribution in [0.1, 0.15) is 37.7 Å². The monoisotopic (exact) mass is 287 g/mol. The molecular weight excluding hydrogens is 266 g/mol. The third kappa shape index (κ3) is 2.43. The van der Waals surface area contributed by atoms with Crippen molar-refractivity contribution in [3.05, 3.63) is 35.9 Å². The van der Waals surface area contributed by atoms with E-state index in [0.717, 1.165) is 24.8 Å². The smallest absolute Gasteiger partial charge is 0.314 e. The number of carbonyl (C=O) groups excluding carboxylic acids is 1. The molecule has 1 saturated carbocycles. The zero-order valence-electron chi connectivity index (χ0n) is 12.1. The first-order valence-electron chi connectivity index (χ1n) is 7.71. The maximum atomic E-state index is 12.3. The highest BCUT2D eigenvalue weighted by molar-refractivity contribution is 5.83. The predicted molar refractivity (Wildman–Crippen MR) is 78.9 cm³/mol. The van der Waals surface area contributed by atoms with E-state index in [1.165, 1.54) is 0 Å². The van der Waals surface area contributed by atoms with Crippen molar-refractivity contribution in [3.63, 3.8) is 0 Å². The van der Waals surface area contributed by atoms with Gasteiger partial charge in [-0.1, -0.05) is 36.8 Å². The van der Waals surface area contributed by atoms with Crippen LogP contribution >= 0.6 is 0 Å². The van der Waals surface area contributed by atoms with E-state index in [4.69, 9.17) is 0 Å². The van der Waals surface area contributed by atoms with E-state index >= 15 is 0 Å². The minimum atomic E-state index is -0.836. The molecular formula is C17H21NO3. The van der Waals surface area contributed by atoms with Gasteiger partial charge in [-0.3, -0.25) is 9.59 Å². The van der Waals surface area contributed by atoms with Gasteiger partial charge in [0.15, 0.2) is 0 Å². The Morgan fingerprint density at radius 1 is 1.10 bits per heavy atom. The number of nitrogens with zero attached hydrogens (tertiary/aromatic N) is 1. The number of aliphatic carboxylic acids is 1. The predicted octanol–water partition coefficient (Wildman–Crippen LogP) is 2.43. The standard InChI is InChI=1S/C17H21NO3/c19-15(13-5-4-6-13)18-11-9-17(10-12-18,16(20)21)14-7-2-1-3-8-14/h1-3,7-8,13H,4-6,9-12H2,(H,20,21). The highest BCUT2D eigenvalue weighted by Crippen LogP contribution is 2.37. The highest BCUT2D eigenvalue weighted by Gasteiger charge is 2.44. The highest BCUT2D eigenvalue weighted by atomic mass is 16.4. The Morgan fingerprint density at radius 2 is 1.71 bits per heavy atom. The Labute approximate surface area is 124 Å². The van der Waals surface area contributed by atoms with E-state index in [9.17, 15) is 14.7 Å². The van der Waals surface area contributed by atoms with Crippen LogP contribution in [0.2, 0.25) is 0 Å². The normalized spacial score (nSPS) is 21.6. The summed E-state index contributed by atoms with van der Waals surface area (Å²) in [6, 6.07) is 9.43. The lowest BCUT2D eigenvalue weighted by Gasteiger charge is -2.41. The second-order valence-corrected chi connectivity index (χ2v) is 6.21. The van der Waals surface area contributed by atoms with Crippen molar-refractivity contribution in [2.45, 2.75) is 37.5 Å². The Kier molecular flexibility index (Phi) is 3.70. The molecule has 1 heterocycles. The van der Waals surface area contributed by atoms with Crippen LogP contribution in [-0.4, -0.2) is 35.0 Å². The van der Waals surface area contributed by atoms with E-state index in [-0.39, 0.29) is 11.8 Å². The summed E-state index contributed by atoms with van der Waals surface area (Å²) in [5.41, 5.74) is 0.0192. The van der Waals surface area contributed by atoms with Gasteiger partial charge in [0.2, 0.25) is 5.91 Å². The van der Waals surface area contributed by atoms with E-state index < -0.39 is 11.4 Å². The summed E-state index contributed by atoms with van der Waals surface area (Å²) in [5, 5.41) is 9.73. The molecule has 0 aromatic heterocycles. The molecule has 112 valence electrons. The molecule has 0 unspecified atom stereocenters. The zero-order valence-corrected chi connectivity index (χ0v) is 12.1. The molecule has 1 aromatic carbocycles. The number of piperidine rings is 1. The molecule has 4 nitrogen and oxygen atoms in total. The van der Waals surface area contributed by atoms with Crippen molar-refractivity contribution in [2.75, 3.05) is 13.1 Å². The molecule has 1 amide bonds. The molecule has 1 saturated heterocycles. The van der Waals surface area contributed by atoms with E-state index in [1.54, 1.807) is 0 Å². The summed E-state index contributed by atoms with van der Waals surface area (Å²) in [6.45, 7) is 1.10. The maximum Gasteiger partial charge on any atom is 0.314 e. The van der Waals surface area contributed by atoms with Gasteiger partial charge in [0, 0.05) is 19.0 Å². The lowest BCUT2D eigenvalue weighted by molar-refractivity contribution is -0.150. The van der Waals surface area contributed by atoms with E-state index in [2.05, 4.69) is 0 Å². The summed E-state index contributed by atoms with van der Waals surface area (Å²) in [4.78, 5) is 26.0. The van der Waals surface area contributed by atoms with Gasteiger partial charge < -0.3 is 10.0 Å². The molecule has 0 radical (unpaired) electrons. The van der Waals surface area contributed by atoms with E-state index in [0.29, 0.717) is 25.9 Å². The number of carboxylic acid groups (broad SMARTS) is 1. The van der Waals surface area contributed by atoms with Crippen molar-refractivity contribution >= 4 is 11.9 Å². The number of amides is 1. The fraction of sp³-hybridized carbons (Fsp3) is 0.529. The third-order valence-electron chi connectivity index (χ3n) is 5.12. The Hall–Kier alpha value is -1.84. The summed E-state index contributed by atoms with van der Waals surface area (Å²) in [6.07, 6.45) is 4.15. The van der Waals surface area contributed by atoms with Gasteiger partial charge in [-0.15, -0.1) is 0 Å². The number of likely N-dealkylation sites (tertiary alicyclic amines) is 1. The summed E-state index contributed by atoms with van der Waals surface area (Å²) >= 11 is 0. The molecule has 0 spiro atoms. The first kappa shape index (κ1) is 14.1. The van der Waals surface area contributed by atoms with Gasteiger partial charge in [0.05, 0.1) is 5.41 Å².